The minimum Gasteiger partial charge on any atom is -0.342 e. The van der Waals surface area contributed by atoms with E-state index in [1.807, 2.05) is 30.3 Å². The molecule has 1 amide bonds. The number of benzene rings is 1. The second-order valence-electron chi connectivity index (χ2n) is 5.90. The van der Waals surface area contributed by atoms with Gasteiger partial charge in [-0.05, 0) is 24.1 Å². The molecule has 1 fully saturated rings. The van der Waals surface area contributed by atoms with E-state index in [0.717, 1.165) is 16.5 Å². The van der Waals surface area contributed by atoms with Gasteiger partial charge in [0, 0.05) is 37.0 Å². The summed E-state index contributed by atoms with van der Waals surface area (Å²) in [5.74, 6) is -1.14. The molecular formula is C16H17FN2O3S. The average Bonchev–Trinajstić information content (AvgIpc) is 2.82. The highest BCUT2D eigenvalue weighted by atomic mass is 32.3. The molecule has 1 aliphatic rings. The first-order valence-corrected chi connectivity index (χ1v) is 9.00. The number of carbonyl (C=O) groups excluding carboxylic acids is 1. The molecule has 1 atom stereocenters. The zero-order chi connectivity index (χ0) is 16.4. The van der Waals surface area contributed by atoms with Gasteiger partial charge in [-0.2, -0.15) is 8.42 Å². The number of fused-ring (bicyclic) bond motifs is 1. The monoisotopic (exact) mass is 336 g/mol. The summed E-state index contributed by atoms with van der Waals surface area (Å²) in [7, 11) is -4.53. The molecule has 1 unspecified atom stereocenters. The van der Waals surface area contributed by atoms with E-state index in [4.69, 9.17) is 0 Å². The van der Waals surface area contributed by atoms with Crippen LogP contribution in [0, 0.1) is 5.92 Å². The van der Waals surface area contributed by atoms with Crippen molar-refractivity contribution >= 4 is 27.0 Å². The van der Waals surface area contributed by atoms with E-state index in [1.54, 1.807) is 11.1 Å². The lowest BCUT2D eigenvalue weighted by Crippen LogP contribution is -2.28. The zero-order valence-corrected chi connectivity index (χ0v) is 13.3. The lowest BCUT2D eigenvalue weighted by Gasteiger charge is -2.16. The lowest BCUT2D eigenvalue weighted by molar-refractivity contribution is -0.127. The normalized spacial score (nSPS) is 18.7. The predicted octanol–water partition coefficient (Wildman–Crippen LogP) is 1.93. The largest absolute Gasteiger partial charge is 0.342 e. The number of rotatable bonds is 5. The van der Waals surface area contributed by atoms with Gasteiger partial charge in [-0.15, -0.1) is 3.89 Å². The molecule has 2 heterocycles. The first-order chi connectivity index (χ1) is 10.9. The SMILES string of the molecule is O=C1CC(CS(=O)(=O)F)CN1CCc1ccc2cccnc2c1. The fourth-order valence-corrected chi connectivity index (χ4v) is 3.78. The van der Waals surface area contributed by atoms with E-state index in [9.17, 15) is 17.1 Å². The minimum absolute atomic E-state index is 0.0996. The van der Waals surface area contributed by atoms with Crippen molar-refractivity contribution in [3.05, 3.63) is 42.1 Å². The van der Waals surface area contributed by atoms with Gasteiger partial charge in [-0.1, -0.05) is 18.2 Å². The van der Waals surface area contributed by atoms with Crippen molar-refractivity contribution in [2.24, 2.45) is 5.92 Å². The minimum atomic E-state index is -4.53. The summed E-state index contributed by atoms with van der Waals surface area (Å²) in [6.07, 6.45) is 2.49. The number of halogens is 1. The molecular weight excluding hydrogens is 319 g/mol. The topological polar surface area (TPSA) is 67.3 Å². The number of carbonyl (C=O) groups is 1. The van der Waals surface area contributed by atoms with Crippen molar-refractivity contribution in [1.29, 1.82) is 0 Å². The molecule has 1 aliphatic heterocycles. The molecule has 7 heteroatoms. The van der Waals surface area contributed by atoms with Crippen LogP contribution in [0.2, 0.25) is 0 Å². The smallest absolute Gasteiger partial charge is 0.302 e. The molecule has 1 aromatic heterocycles. The van der Waals surface area contributed by atoms with Gasteiger partial charge in [0.2, 0.25) is 5.91 Å². The van der Waals surface area contributed by atoms with Crippen molar-refractivity contribution < 1.29 is 17.1 Å². The summed E-state index contributed by atoms with van der Waals surface area (Å²) in [6.45, 7) is 0.799. The van der Waals surface area contributed by atoms with Crippen molar-refractivity contribution in [3.8, 4) is 0 Å². The van der Waals surface area contributed by atoms with E-state index in [-0.39, 0.29) is 12.3 Å². The van der Waals surface area contributed by atoms with Crippen LogP contribution < -0.4 is 0 Å². The molecule has 23 heavy (non-hydrogen) atoms. The van der Waals surface area contributed by atoms with Crippen molar-refractivity contribution in [2.45, 2.75) is 12.8 Å². The van der Waals surface area contributed by atoms with Crippen LogP contribution in [0.5, 0.6) is 0 Å². The van der Waals surface area contributed by atoms with Gasteiger partial charge in [0.25, 0.3) is 0 Å². The van der Waals surface area contributed by atoms with Crippen LogP contribution in [0.3, 0.4) is 0 Å². The molecule has 0 radical (unpaired) electrons. The van der Waals surface area contributed by atoms with Crippen molar-refractivity contribution in [1.82, 2.24) is 9.88 Å². The second-order valence-corrected chi connectivity index (χ2v) is 7.31. The van der Waals surface area contributed by atoms with Gasteiger partial charge in [0.15, 0.2) is 0 Å². The maximum atomic E-state index is 12.7. The Bertz CT molecular complexity index is 838. The third-order valence-corrected chi connectivity index (χ3v) is 4.94. The summed E-state index contributed by atoms with van der Waals surface area (Å²) >= 11 is 0. The molecule has 0 saturated carbocycles. The van der Waals surface area contributed by atoms with Crippen LogP contribution >= 0.6 is 0 Å². The molecule has 122 valence electrons. The summed E-state index contributed by atoms with van der Waals surface area (Å²) < 4.78 is 34.1. The summed E-state index contributed by atoms with van der Waals surface area (Å²) in [5.41, 5.74) is 1.96. The highest BCUT2D eigenvalue weighted by Crippen LogP contribution is 2.21. The number of aromatic nitrogens is 1. The predicted molar refractivity (Wildman–Crippen MR) is 85.0 cm³/mol. The standard InChI is InChI=1S/C16H17FN2O3S/c17-23(21,22)11-13-9-16(20)19(10-13)7-5-12-3-4-14-2-1-6-18-15(14)8-12/h1-4,6,8,13H,5,7,9-11H2. The fraction of sp³-hybridized carbons (Fsp3) is 0.375. The van der Waals surface area contributed by atoms with Crippen molar-refractivity contribution in [2.75, 3.05) is 18.8 Å². The van der Waals surface area contributed by atoms with E-state index >= 15 is 0 Å². The first kappa shape index (κ1) is 15.9. The van der Waals surface area contributed by atoms with Gasteiger partial charge in [-0.25, -0.2) is 0 Å². The van der Waals surface area contributed by atoms with Gasteiger partial charge < -0.3 is 4.90 Å². The van der Waals surface area contributed by atoms with Gasteiger partial charge >= 0.3 is 10.2 Å². The molecule has 2 aromatic rings. The van der Waals surface area contributed by atoms with Gasteiger partial charge in [-0.3, -0.25) is 9.78 Å². The van der Waals surface area contributed by atoms with Gasteiger partial charge in [0.1, 0.15) is 0 Å². The van der Waals surface area contributed by atoms with Crippen LogP contribution in [0.4, 0.5) is 3.89 Å². The quantitative estimate of drug-likeness (QED) is 0.783. The molecule has 1 aromatic carbocycles. The Hall–Kier alpha value is -2.02. The van der Waals surface area contributed by atoms with E-state index in [2.05, 4.69) is 4.98 Å². The number of likely N-dealkylation sites (tertiary alicyclic amines) is 1. The van der Waals surface area contributed by atoms with Crippen molar-refractivity contribution in [3.63, 3.8) is 0 Å². The lowest BCUT2D eigenvalue weighted by atomic mass is 10.1. The third-order valence-electron chi connectivity index (χ3n) is 4.07. The zero-order valence-electron chi connectivity index (χ0n) is 12.5. The summed E-state index contributed by atoms with van der Waals surface area (Å²) in [5, 5.41) is 1.06. The Morgan fingerprint density at radius 3 is 2.91 bits per heavy atom. The van der Waals surface area contributed by atoms with Crippen LogP contribution in [0.25, 0.3) is 10.9 Å². The first-order valence-electron chi connectivity index (χ1n) is 7.44. The van der Waals surface area contributed by atoms with Crippen LogP contribution in [0.15, 0.2) is 36.5 Å². The molecule has 3 rings (SSSR count). The Kier molecular flexibility index (Phi) is 4.30. The molecule has 1 saturated heterocycles. The highest BCUT2D eigenvalue weighted by molar-refractivity contribution is 7.86. The number of nitrogens with zero attached hydrogens (tertiary/aromatic N) is 2. The van der Waals surface area contributed by atoms with Crippen LogP contribution in [-0.2, 0) is 21.4 Å². The number of pyridine rings is 1. The molecule has 0 N–H and O–H groups in total. The Balaban J connectivity index is 1.62. The summed E-state index contributed by atoms with van der Waals surface area (Å²) in [6, 6.07) is 9.83. The maximum absolute atomic E-state index is 12.7. The molecule has 5 nitrogen and oxygen atoms in total. The summed E-state index contributed by atoms with van der Waals surface area (Å²) in [4.78, 5) is 17.8. The van der Waals surface area contributed by atoms with E-state index in [0.29, 0.717) is 19.5 Å². The average molecular weight is 336 g/mol. The van der Waals surface area contributed by atoms with Crippen LogP contribution in [0.1, 0.15) is 12.0 Å². The second kappa shape index (κ2) is 6.23. The Morgan fingerprint density at radius 2 is 2.13 bits per heavy atom. The van der Waals surface area contributed by atoms with E-state index in [1.165, 1.54) is 0 Å². The van der Waals surface area contributed by atoms with Gasteiger partial charge in [0.05, 0.1) is 11.3 Å². The maximum Gasteiger partial charge on any atom is 0.302 e. The number of hydrogen-bond donors (Lipinski definition) is 0. The Morgan fingerprint density at radius 1 is 1.30 bits per heavy atom. The third kappa shape index (κ3) is 4.04. The molecule has 0 bridgehead atoms. The Labute approximate surface area is 134 Å². The molecule has 0 spiro atoms. The molecule has 0 aliphatic carbocycles. The van der Waals surface area contributed by atoms with E-state index < -0.39 is 21.9 Å². The number of hydrogen-bond acceptors (Lipinski definition) is 4. The highest BCUT2D eigenvalue weighted by Gasteiger charge is 2.32. The fourth-order valence-electron chi connectivity index (χ4n) is 2.99. The number of amides is 1. The van der Waals surface area contributed by atoms with Crippen LogP contribution in [-0.4, -0.2) is 43.1 Å².